The largest absolute Gasteiger partial charge is 0.493 e. The van der Waals surface area contributed by atoms with Crippen LogP contribution in [0.1, 0.15) is 6.92 Å². The van der Waals surface area contributed by atoms with Crippen molar-refractivity contribution in [2.75, 3.05) is 12.9 Å². The van der Waals surface area contributed by atoms with Crippen LogP contribution in [0.5, 0.6) is 11.5 Å². The molecule has 0 bridgehead atoms. The van der Waals surface area contributed by atoms with Gasteiger partial charge in [0.1, 0.15) is 0 Å². The molecule has 2 N–H and O–H groups in total. The number of carboxylic acids is 1. The van der Waals surface area contributed by atoms with Crippen LogP contribution in [0, 0.1) is 0 Å². The number of H-pyrrole nitrogens is 1. The molecule has 0 radical (unpaired) electrons. The molecule has 9 heteroatoms. The monoisotopic (exact) mass is 323 g/mol. The Bertz CT molecular complexity index is 701. The van der Waals surface area contributed by atoms with Gasteiger partial charge in [-0.25, -0.2) is 4.98 Å². The van der Waals surface area contributed by atoms with Crippen LogP contribution in [0.25, 0.3) is 11.4 Å². The Kier molecular flexibility index (Phi) is 4.99. The number of rotatable bonds is 6. The maximum Gasteiger partial charge on any atom is 0.313 e. The summed E-state index contributed by atoms with van der Waals surface area (Å²) in [5.74, 6) is -0.364. The van der Waals surface area contributed by atoms with Crippen molar-refractivity contribution in [3.05, 3.63) is 18.2 Å². The van der Waals surface area contributed by atoms with Crippen LogP contribution in [-0.4, -0.2) is 45.1 Å². The minimum atomic E-state index is -0.941. The molecule has 0 spiro atoms. The van der Waals surface area contributed by atoms with Crippen molar-refractivity contribution >= 4 is 23.7 Å². The molecular weight excluding hydrogens is 310 g/mol. The molecule has 0 amide bonds. The van der Waals surface area contributed by atoms with Crippen molar-refractivity contribution in [2.24, 2.45) is 0 Å². The van der Waals surface area contributed by atoms with Crippen LogP contribution in [0.2, 0.25) is 0 Å². The fraction of sp³-hybridized carbons (Fsp3) is 0.231. The van der Waals surface area contributed by atoms with Gasteiger partial charge in [-0.3, -0.25) is 14.7 Å². The van der Waals surface area contributed by atoms with Gasteiger partial charge in [0.15, 0.2) is 17.3 Å². The summed E-state index contributed by atoms with van der Waals surface area (Å²) in [6.07, 6.45) is 0. The molecule has 0 fully saturated rings. The van der Waals surface area contributed by atoms with Crippen LogP contribution in [0.15, 0.2) is 23.4 Å². The fourth-order valence-electron chi connectivity index (χ4n) is 1.62. The first-order valence-corrected chi connectivity index (χ1v) is 7.12. The molecule has 1 heterocycles. The number of hydrogen-bond donors (Lipinski definition) is 2. The molecule has 1 aromatic heterocycles. The van der Waals surface area contributed by atoms with Crippen molar-refractivity contribution in [3.63, 3.8) is 0 Å². The number of aromatic amines is 1. The Morgan fingerprint density at radius 2 is 2.14 bits per heavy atom. The average molecular weight is 323 g/mol. The Labute approximate surface area is 129 Å². The second-order valence-corrected chi connectivity index (χ2v) is 5.05. The van der Waals surface area contributed by atoms with Gasteiger partial charge in [0.05, 0.1) is 12.9 Å². The van der Waals surface area contributed by atoms with Crippen molar-refractivity contribution in [2.45, 2.75) is 12.1 Å². The molecule has 0 atom stereocenters. The summed E-state index contributed by atoms with van der Waals surface area (Å²) in [6, 6.07) is 4.92. The summed E-state index contributed by atoms with van der Waals surface area (Å²) in [5.41, 5.74) is 0.669. The topological polar surface area (TPSA) is 114 Å². The molecule has 0 aliphatic heterocycles. The SMILES string of the molecule is COc1cc(-c2nc(SCC(=O)O)n[nH]2)ccc1OC(C)=O. The number of nitrogens with one attached hydrogen (secondary N) is 1. The van der Waals surface area contributed by atoms with Crippen molar-refractivity contribution in [1.82, 2.24) is 15.2 Å². The number of methoxy groups -OCH3 is 1. The molecule has 0 unspecified atom stereocenters. The summed E-state index contributed by atoms with van der Waals surface area (Å²) < 4.78 is 10.2. The molecule has 0 aliphatic carbocycles. The van der Waals surface area contributed by atoms with E-state index in [4.69, 9.17) is 14.6 Å². The normalized spacial score (nSPS) is 10.3. The van der Waals surface area contributed by atoms with E-state index in [1.54, 1.807) is 18.2 Å². The lowest BCUT2D eigenvalue weighted by Gasteiger charge is -2.08. The number of carbonyl (C=O) groups is 2. The maximum absolute atomic E-state index is 11.0. The van der Waals surface area contributed by atoms with Gasteiger partial charge in [-0.05, 0) is 18.2 Å². The van der Waals surface area contributed by atoms with Crippen molar-refractivity contribution < 1.29 is 24.2 Å². The predicted molar refractivity (Wildman–Crippen MR) is 78.0 cm³/mol. The van der Waals surface area contributed by atoms with Gasteiger partial charge in [0.25, 0.3) is 0 Å². The van der Waals surface area contributed by atoms with E-state index in [1.807, 2.05) is 0 Å². The zero-order chi connectivity index (χ0) is 16.1. The Morgan fingerprint density at radius 1 is 1.36 bits per heavy atom. The molecule has 1 aromatic carbocycles. The number of aliphatic carboxylic acids is 1. The molecule has 2 rings (SSSR count). The first-order valence-electron chi connectivity index (χ1n) is 6.13. The fourth-order valence-corrected chi connectivity index (χ4v) is 2.14. The average Bonchev–Trinajstić information content (AvgIpc) is 2.94. The Hall–Kier alpha value is -2.55. The summed E-state index contributed by atoms with van der Waals surface area (Å²) in [6.45, 7) is 1.30. The highest BCUT2D eigenvalue weighted by molar-refractivity contribution is 7.99. The molecular formula is C13H13N3O5S. The lowest BCUT2D eigenvalue weighted by Crippen LogP contribution is -2.03. The Balaban J connectivity index is 2.22. The second-order valence-electron chi connectivity index (χ2n) is 4.11. The van der Waals surface area contributed by atoms with Gasteiger partial charge in [-0.2, -0.15) is 0 Å². The summed E-state index contributed by atoms with van der Waals surface area (Å²) in [4.78, 5) is 25.7. The van der Waals surface area contributed by atoms with E-state index in [0.717, 1.165) is 11.8 Å². The van der Waals surface area contributed by atoms with Gasteiger partial charge < -0.3 is 14.6 Å². The highest BCUT2D eigenvalue weighted by atomic mass is 32.2. The number of thioether (sulfide) groups is 1. The standard InChI is InChI=1S/C13H13N3O5S/c1-7(17)21-9-4-3-8(5-10(9)20-2)12-14-13(16-15-12)22-6-11(18)19/h3-5H,6H2,1-2H3,(H,18,19)(H,14,15,16). The predicted octanol–water partition coefficient (Wildman–Crippen LogP) is 1.58. The van der Waals surface area contributed by atoms with E-state index in [0.29, 0.717) is 28.0 Å². The zero-order valence-electron chi connectivity index (χ0n) is 11.8. The first-order chi connectivity index (χ1) is 10.5. The van der Waals surface area contributed by atoms with Crippen LogP contribution < -0.4 is 9.47 Å². The summed E-state index contributed by atoms with van der Waals surface area (Å²) in [7, 11) is 1.46. The lowest BCUT2D eigenvalue weighted by atomic mass is 10.2. The number of aromatic nitrogens is 3. The number of hydrogen-bond acceptors (Lipinski definition) is 7. The van der Waals surface area contributed by atoms with E-state index >= 15 is 0 Å². The molecule has 8 nitrogen and oxygen atoms in total. The number of carboxylic acid groups (broad SMARTS) is 1. The van der Waals surface area contributed by atoms with Gasteiger partial charge in [-0.1, -0.05) is 11.8 Å². The summed E-state index contributed by atoms with van der Waals surface area (Å²) >= 11 is 1.01. The third-order valence-corrected chi connectivity index (χ3v) is 3.31. The number of ether oxygens (including phenoxy) is 2. The molecule has 2 aromatic rings. The smallest absolute Gasteiger partial charge is 0.313 e. The van der Waals surface area contributed by atoms with Crippen molar-refractivity contribution in [3.8, 4) is 22.9 Å². The third kappa shape index (κ3) is 3.98. The van der Waals surface area contributed by atoms with Crippen LogP contribution >= 0.6 is 11.8 Å². The first kappa shape index (κ1) is 15.8. The van der Waals surface area contributed by atoms with Gasteiger partial charge in [0.2, 0.25) is 5.16 Å². The maximum atomic E-state index is 11.0. The number of nitrogens with zero attached hydrogens (tertiary/aromatic N) is 2. The van der Waals surface area contributed by atoms with E-state index in [9.17, 15) is 9.59 Å². The Morgan fingerprint density at radius 3 is 2.77 bits per heavy atom. The molecule has 22 heavy (non-hydrogen) atoms. The minimum Gasteiger partial charge on any atom is -0.493 e. The number of carbonyl (C=O) groups excluding carboxylic acids is 1. The van der Waals surface area contributed by atoms with Gasteiger partial charge >= 0.3 is 11.9 Å². The quantitative estimate of drug-likeness (QED) is 0.468. The summed E-state index contributed by atoms with van der Waals surface area (Å²) in [5, 5.41) is 15.6. The number of benzene rings is 1. The minimum absolute atomic E-state index is 0.119. The van der Waals surface area contributed by atoms with E-state index in [1.165, 1.54) is 14.0 Å². The van der Waals surface area contributed by atoms with Gasteiger partial charge in [-0.15, -0.1) is 5.10 Å². The molecule has 0 saturated carbocycles. The zero-order valence-corrected chi connectivity index (χ0v) is 12.6. The second kappa shape index (κ2) is 6.94. The van der Waals surface area contributed by atoms with Crippen LogP contribution in [0.4, 0.5) is 0 Å². The van der Waals surface area contributed by atoms with E-state index < -0.39 is 11.9 Å². The molecule has 116 valence electrons. The van der Waals surface area contributed by atoms with Gasteiger partial charge in [0, 0.05) is 12.5 Å². The number of esters is 1. The van der Waals surface area contributed by atoms with E-state index in [-0.39, 0.29) is 5.75 Å². The van der Waals surface area contributed by atoms with E-state index in [2.05, 4.69) is 15.2 Å². The molecule has 0 saturated heterocycles. The molecule has 0 aliphatic rings. The lowest BCUT2D eigenvalue weighted by molar-refractivity contribution is -0.134. The highest BCUT2D eigenvalue weighted by Gasteiger charge is 2.12. The third-order valence-electron chi connectivity index (χ3n) is 2.48. The highest BCUT2D eigenvalue weighted by Crippen LogP contribution is 2.31. The van der Waals surface area contributed by atoms with Crippen LogP contribution in [0.3, 0.4) is 0 Å². The van der Waals surface area contributed by atoms with Crippen molar-refractivity contribution in [1.29, 1.82) is 0 Å². The van der Waals surface area contributed by atoms with Crippen LogP contribution in [-0.2, 0) is 9.59 Å².